The van der Waals surface area contributed by atoms with Crippen LogP contribution in [0.25, 0.3) is 10.9 Å². The fourth-order valence-corrected chi connectivity index (χ4v) is 4.91. The summed E-state index contributed by atoms with van der Waals surface area (Å²) in [5, 5.41) is 1.16. The molecule has 128 valence electrons. The number of hydrogen-bond donors (Lipinski definition) is 1. The predicted octanol–water partition coefficient (Wildman–Crippen LogP) is 3.21. The van der Waals surface area contributed by atoms with E-state index < -0.39 is 0 Å². The molecule has 1 amide bonds. The number of aromatic amines is 1. The fourth-order valence-electron chi connectivity index (χ4n) is 3.86. The van der Waals surface area contributed by atoms with Gasteiger partial charge in [-0.25, -0.2) is 0 Å². The van der Waals surface area contributed by atoms with Crippen molar-refractivity contribution in [1.29, 1.82) is 0 Å². The van der Waals surface area contributed by atoms with Crippen LogP contribution in [0.5, 0.6) is 0 Å². The van der Waals surface area contributed by atoms with Gasteiger partial charge >= 0.3 is 0 Å². The Hall–Kier alpha value is -1.46. The lowest BCUT2D eigenvalue weighted by Gasteiger charge is -2.32. The van der Waals surface area contributed by atoms with E-state index in [1.54, 1.807) is 0 Å². The molecule has 0 spiro atoms. The Balaban J connectivity index is 1.56. The van der Waals surface area contributed by atoms with Crippen molar-refractivity contribution in [2.24, 2.45) is 0 Å². The van der Waals surface area contributed by atoms with Crippen molar-refractivity contribution in [3.8, 4) is 0 Å². The van der Waals surface area contributed by atoms with Gasteiger partial charge in [0.2, 0.25) is 0 Å². The molecule has 0 radical (unpaired) electrons. The molecular weight excluding hydrogens is 318 g/mol. The average Bonchev–Trinajstić information content (AvgIpc) is 3.22. The summed E-state index contributed by atoms with van der Waals surface area (Å²) in [6.45, 7) is 4.30. The summed E-state index contributed by atoms with van der Waals surface area (Å²) in [7, 11) is 0. The van der Waals surface area contributed by atoms with Gasteiger partial charge in [-0.2, -0.15) is 11.8 Å². The van der Waals surface area contributed by atoms with Crippen LogP contribution in [0, 0.1) is 0 Å². The van der Waals surface area contributed by atoms with E-state index in [0.717, 1.165) is 47.5 Å². The number of fused-ring (bicyclic) bond motifs is 1. The SMILES string of the molecule is O=C(c1ccc2cc[nH]c2c1)N1CCCSCC1CN1CCCC1. The zero-order chi connectivity index (χ0) is 16.4. The second kappa shape index (κ2) is 7.19. The summed E-state index contributed by atoms with van der Waals surface area (Å²) in [6, 6.07) is 8.40. The van der Waals surface area contributed by atoms with E-state index in [0.29, 0.717) is 6.04 Å². The van der Waals surface area contributed by atoms with Crippen molar-refractivity contribution in [3.63, 3.8) is 0 Å². The van der Waals surface area contributed by atoms with Crippen LogP contribution in [-0.4, -0.2) is 64.4 Å². The van der Waals surface area contributed by atoms with Crippen molar-refractivity contribution in [2.45, 2.75) is 25.3 Å². The molecule has 1 aromatic carbocycles. The van der Waals surface area contributed by atoms with Crippen LogP contribution in [0.2, 0.25) is 0 Å². The van der Waals surface area contributed by atoms with E-state index in [-0.39, 0.29) is 5.91 Å². The first-order valence-corrected chi connectivity index (χ1v) is 10.1. The highest BCUT2D eigenvalue weighted by molar-refractivity contribution is 7.99. The first-order chi connectivity index (χ1) is 11.8. The lowest BCUT2D eigenvalue weighted by Crippen LogP contribution is -2.47. The smallest absolute Gasteiger partial charge is 0.254 e. The maximum absolute atomic E-state index is 13.2. The molecular formula is C19H25N3OS. The van der Waals surface area contributed by atoms with Gasteiger partial charge in [-0.05, 0) is 61.7 Å². The standard InChI is InChI=1S/C19H25N3OS/c23-19(16-5-4-15-6-7-20-18(15)12-16)22-10-3-11-24-14-17(22)13-21-8-1-2-9-21/h4-7,12,17,20H,1-3,8-11,13-14H2. The van der Waals surface area contributed by atoms with Gasteiger partial charge < -0.3 is 14.8 Å². The molecule has 0 saturated carbocycles. The topological polar surface area (TPSA) is 39.3 Å². The summed E-state index contributed by atoms with van der Waals surface area (Å²) in [5.41, 5.74) is 1.85. The molecule has 3 heterocycles. The third-order valence-corrected chi connectivity index (χ3v) is 6.37. The second-order valence-electron chi connectivity index (χ2n) is 6.87. The van der Waals surface area contributed by atoms with Gasteiger partial charge in [-0.1, -0.05) is 6.07 Å². The van der Waals surface area contributed by atoms with Crippen LogP contribution in [0.1, 0.15) is 29.6 Å². The van der Waals surface area contributed by atoms with Crippen molar-refractivity contribution in [2.75, 3.05) is 37.7 Å². The largest absolute Gasteiger partial charge is 0.361 e. The van der Waals surface area contributed by atoms with Crippen LogP contribution in [-0.2, 0) is 0 Å². The Labute approximate surface area is 147 Å². The maximum Gasteiger partial charge on any atom is 0.254 e. The van der Waals surface area contributed by atoms with E-state index >= 15 is 0 Å². The lowest BCUT2D eigenvalue weighted by molar-refractivity contribution is 0.0667. The predicted molar refractivity (Wildman–Crippen MR) is 101 cm³/mol. The average molecular weight is 343 g/mol. The first kappa shape index (κ1) is 16.0. The number of aromatic nitrogens is 1. The zero-order valence-electron chi connectivity index (χ0n) is 14.0. The maximum atomic E-state index is 13.2. The summed E-state index contributed by atoms with van der Waals surface area (Å²) in [4.78, 5) is 21.1. The third kappa shape index (κ3) is 3.33. The summed E-state index contributed by atoms with van der Waals surface area (Å²) in [5.74, 6) is 2.42. The second-order valence-corrected chi connectivity index (χ2v) is 8.02. The Kier molecular flexibility index (Phi) is 4.81. The molecule has 2 saturated heterocycles. The van der Waals surface area contributed by atoms with Crippen LogP contribution in [0.4, 0.5) is 0 Å². The number of carbonyl (C=O) groups is 1. The number of carbonyl (C=O) groups excluding carboxylic acids is 1. The highest BCUT2D eigenvalue weighted by Gasteiger charge is 2.29. The van der Waals surface area contributed by atoms with Gasteiger partial charge in [-0.15, -0.1) is 0 Å². The van der Waals surface area contributed by atoms with Gasteiger partial charge in [0, 0.05) is 36.1 Å². The molecule has 2 fully saturated rings. The minimum Gasteiger partial charge on any atom is -0.361 e. The lowest BCUT2D eigenvalue weighted by atomic mass is 10.1. The van der Waals surface area contributed by atoms with E-state index in [2.05, 4.69) is 14.8 Å². The minimum absolute atomic E-state index is 0.193. The molecule has 0 aliphatic carbocycles. The van der Waals surface area contributed by atoms with Gasteiger partial charge in [0.15, 0.2) is 0 Å². The van der Waals surface area contributed by atoms with Crippen molar-refractivity contribution in [1.82, 2.24) is 14.8 Å². The quantitative estimate of drug-likeness (QED) is 0.930. The third-order valence-electron chi connectivity index (χ3n) is 5.17. The van der Waals surface area contributed by atoms with E-state index in [1.807, 2.05) is 42.2 Å². The Morgan fingerprint density at radius 2 is 2.04 bits per heavy atom. The summed E-state index contributed by atoms with van der Waals surface area (Å²) in [6.07, 6.45) is 5.63. The highest BCUT2D eigenvalue weighted by atomic mass is 32.2. The molecule has 24 heavy (non-hydrogen) atoms. The molecule has 5 heteroatoms. The Morgan fingerprint density at radius 3 is 2.92 bits per heavy atom. The normalized spacial score (nSPS) is 22.8. The first-order valence-electron chi connectivity index (χ1n) is 8.99. The molecule has 0 bridgehead atoms. The Bertz CT molecular complexity index is 707. The number of nitrogens with one attached hydrogen (secondary N) is 1. The molecule has 2 aliphatic rings. The number of likely N-dealkylation sites (tertiary alicyclic amines) is 1. The molecule has 2 aliphatic heterocycles. The molecule has 2 aromatic rings. The highest BCUT2D eigenvalue weighted by Crippen LogP contribution is 2.22. The fraction of sp³-hybridized carbons (Fsp3) is 0.526. The van der Waals surface area contributed by atoms with Gasteiger partial charge in [0.05, 0.1) is 6.04 Å². The summed E-state index contributed by atoms with van der Waals surface area (Å²) < 4.78 is 0. The molecule has 1 aromatic heterocycles. The number of H-pyrrole nitrogens is 1. The van der Waals surface area contributed by atoms with E-state index in [1.165, 1.54) is 25.9 Å². The molecule has 1 N–H and O–H groups in total. The minimum atomic E-state index is 0.193. The monoisotopic (exact) mass is 343 g/mol. The number of hydrogen-bond acceptors (Lipinski definition) is 3. The molecule has 1 atom stereocenters. The summed E-state index contributed by atoms with van der Waals surface area (Å²) >= 11 is 2.00. The van der Waals surface area contributed by atoms with E-state index in [9.17, 15) is 4.79 Å². The van der Waals surface area contributed by atoms with Gasteiger partial charge in [0.25, 0.3) is 5.91 Å². The van der Waals surface area contributed by atoms with Crippen LogP contribution in [0.15, 0.2) is 30.5 Å². The van der Waals surface area contributed by atoms with Crippen LogP contribution in [0.3, 0.4) is 0 Å². The van der Waals surface area contributed by atoms with E-state index in [4.69, 9.17) is 0 Å². The molecule has 1 unspecified atom stereocenters. The number of benzene rings is 1. The number of amides is 1. The van der Waals surface area contributed by atoms with Crippen LogP contribution >= 0.6 is 11.8 Å². The van der Waals surface area contributed by atoms with Gasteiger partial charge in [0.1, 0.15) is 0 Å². The van der Waals surface area contributed by atoms with Crippen molar-refractivity contribution < 1.29 is 4.79 Å². The van der Waals surface area contributed by atoms with Crippen molar-refractivity contribution in [3.05, 3.63) is 36.0 Å². The zero-order valence-corrected chi connectivity index (χ0v) is 14.9. The van der Waals surface area contributed by atoms with Crippen LogP contribution < -0.4 is 0 Å². The molecule has 4 nitrogen and oxygen atoms in total. The number of rotatable bonds is 3. The van der Waals surface area contributed by atoms with Gasteiger partial charge in [-0.3, -0.25) is 4.79 Å². The number of thioether (sulfide) groups is 1. The molecule has 4 rings (SSSR count). The van der Waals surface area contributed by atoms with Crippen molar-refractivity contribution >= 4 is 28.6 Å². The number of nitrogens with zero attached hydrogens (tertiary/aromatic N) is 2. The Morgan fingerprint density at radius 1 is 1.17 bits per heavy atom.